The number of aryl methyl sites for hydroxylation is 1. The Bertz CT molecular complexity index is 707. The molecule has 4 nitrogen and oxygen atoms in total. The van der Waals surface area contributed by atoms with Crippen LogP contribution in [0.2, 0.25) is 5.02 Å². The minimum absolute atomic E-state index is 0.0790. The van der Waals surface area contributed by atoms with Crippen molar-refractivity contribution in [2.45, 2.75) is 6.92 Å². The maximum atomic E-state index is 10.5. The molecule has 5 heteroatoms. The van der Waals surface area contributed by atoms with Gasteiger partial charge in [0.1, 0.15) is 0 Å². The van der Waals surface area contributed by atoms with Crippen molar-refractivity contribution in [3.63, 3.8) is 0 Å². The van der Waals surface area contributed by atoms with Gasteiger partial charge >= 0.3 is 0 Å². The Labute approximate surface area is 127 Å². The lowest BCUT2D eigenvalue weighted by Crippen LogP contribution is -1.86. The van der Waals surface area contributed by atoms with Gasteiger partial charge in [0.05, 0.1) is 10.6 Å². The second-order valence-electron chi connectivity index (χ2n) is 4.42. The third-order valence-corrected chi connectivity index (χ3v) is 3.10. The lowest BCUT2D eigenvalue weighted by Gasteiger charge is -1.98. The molecule has 2 aromatic rings. The van der Waals surface area contributed by atoms with Crippen LogP contribution in [0.25, 0.3) is 6.08 Å². The minimum atomic E-state index is -0.420. The predicted molar refractivity (Wildman–Crippen MR) is 86.5 cm³/mol. The summed E-state index contributed by atoms with van der Waals surface area (Å²) in [5.74, 6) is 0. The van der Waals surface area contributed by atoms with Crippen LogP contribution < -0.4 is 0 Å². The van der Waals surface area contributed by atoms with Crippen LogP contribution in [-0.2, 0) is 0 Å². The summed E-state index contributed by atoms with van der Waals surface area (Å²) in [6.07, 6.45) is 5.27. The van der Waals surface area contributed by atoms with Gasteiger partial charge in [0.25, 0.3) is 5.69 Å². The van der Waals surface area contributed by atoms with Crippen LogP contribution in [0, 0.1) is 17.0 Å². The van der Waals surface area contributed by atoms with E-state index in [1.54, 1.807) is 30.5 Å². The van der Waals surface area contributed by atoms with Crippen LogP contribution in [0.15, 0.2) is 53.5 Å². The molecule has 0 aliphatic rings. The molecule has 0 radical (unpaired) electrons. The van der Waals surface area contributed by atoms with Gasteiger partial charge < -0.3 is 0 Å². The van der Waals surface area contributed by atoms with Gasteiger partial charge in [-0.2, -0.15) is 0 Å². The van der Waals surface area contributed by atoms with Gasteiger partial charge in [-0.3, -0.25) is 15.1 Å². The third kappa shape index (κ3) is 4.26. The molecule has 0 spiro atoms. The third-order valence-electron chi connectivity index (χ3n) is 2.86. The van der Waals surface area contributed by atoms with Gasteiger partial charge in [-0.25, -0.2) is 0 Å². The molecule has 0 fully saturated rings. The van der Waals surface area contributed by atoms with Crippen molar-refractivity contribution in [2.75, 3.05) is 0 Å². The minimum Gasteiger partial charge on any atom is -0.258 e. The summed E-state index contributed by atoms with van der Waals surface area (Å²) in [6.45, 7) is 1.96. The average molecular weight is 301 g/mol. The Morgan fingerprint density at radius 3 is 2.57 bits per heavy atom. The molecule has 0 amide bonds. The van der Waals surface area contributed by atoms with Crippen LogP contribution in [0.3, 0.4) is 0 Å². The monoisotopic (exact) mass is 300 g/mol. The molecule has 0 atom stereocenters. The number of benzene rings is 2. The van der Waals surface area contributed by atoms with E-state index in [-0.39, 0.29) is 5.69 Å². The predicted octanol–water partition coefficient (Wildman–Crippen LogP) is 4.97. The molecule has 106 valence electrons. The molecule has 0 N–H and O–H groups in total. The number of nitro groups is 1. The lowest BCUT2D eigenvalue weighted by molar-refractivity contribution is -0.384. The number of non-ortho nitro benzene ring substituents is 1. The molecule has 0 saturated heterocycles. The highest BCUT2D eigenvalue weighted by molar-refractivity contribution is 6.30. The number of halogens is 1. The number of allylic oxidation sites excluding steroid dienone is 1. The van der Waals surface area contributed by atoms with Crippen molar-refractivity contribution in [1.29, 1.82) is 0 Å². The van der Waals surface area contributed by atoms with Crippen molar-refractivity contribution in [2.24, 2.45) is 4.99 Å². The number of hydrogen-bond acceptors (Lipinski definition) is 3. The summed E-state index contributed by atoms with van der Waals surface area (Å²) in [5.41, 5.74) is 2.81. The van der Waals surface area contributed by atoms with E-state index in [4.69, 9.17) is 11.6 Å². The second-order valence-corrected chi connectivity index (χ2v) is 4.85. The van der Waals surface area contributed by atoms with E-state index in [2.05, 4.69) is 4.99 Å². The number of rotatable bonds is 4. The Hall–Kier alpha value is -2.46. The molecule has 0 unspecified atom stereocenters. The molecule has 2 rings (SSSR count). The SMILES string of the molecule is Cc1ccc(Cl)cc1N=C/C=C/c1ccc([N+](=O)[O-])cc1. The van der Waals surface area contributed by atoms with Crippen molar-refractivity contribution < 1.29 is 4.92 Å². The second kappa shape index (κ2) is 6.81. The van der Waals surface area contributed by atoms with Crippen LogP contribution in [-0.4, -0.2) is 11.1 Å². The molecule has 0 aliphatic heterocycles. The zero-order valence-corrected chi connectivity index (χ0v) is 12.1. The summed E-state index contributed by atoms with van der Waals surface area (Å²) in [5, 5.41) is 11.2. The van der Waals surface area contributed by atoms with Gasteiger partial charge in [0.15, 0.2) is 0 Å². The summed E-state index contributed by atoms with van der Waals surface area (Å²) in [7, 11) is 0. The standard InChI is InChI=1S/C16H13ClN2O2/c1-12-4-7-14(17)11-16(12)18-10-2-3-13-5-8-15(9-6-13)19(20)21/h2-11H,1H3/b3-2+,18-10?. The van der Waals surface area contributed by atoms with E-state index >= 15 is 0 Å². The Kier molecular flexibility index (Phi) is 4.85. The van der Waals surface area contributed by atoms with Gasteiger partial charge in [-0.05, 0) is 48.4 Å². The van der Waals surface area contributed by atoms with Crippen molar-refractivity contribution in [1.82, 2.24) is 0 Å². The number of nitrogens with zero attached hydrogens (tertiary/aromatic N) is 2. The van der Waals surface area contributed by atoms with Crippen LogP contribution in [0.5, 0.6) is 0 Å². The summed E-state index contributed by atoms with van der Waals surface area (Å²) < 4.78 is 0. The average Bonchev–Trinajstić information content (AvgIpc) is 2.47. The Morgan fingerprint density at radius 2 is 1.90 bits per heavy atom. The number of aliphatic imine (C=N–C) groups is 1. The first-order valence-corrected chi connectivity index (χ1v) is 6.65. The molecule has 0 aliphatic carbocycles. The fourth-order valence-corrected chi connectivity index (χ4v) is 1.87. The highest BCUT2D eigenvalue weighted by Crippen LogP contribution is 2.22. The maximum absolute atomic E-state index is 10.5. The first-order chi connectivity index (χ1) is 10.1. The molecule has 0 saturated carbocycles. The fraction of sp³-hybridized carbons (Fsp3) is 0.0625. The molecule has 0 heterocycles. The van der Waals surface area contributed by atoms with E-state index in [9.17, 15) is 10.1 Å². The largest absolute Gasteiger partial charge is 0.269 e. The molecular formula is C16H13ClN2O2. The van der Waals surface area contributed by atoms with Crippen LogP contribution in [0.1, 0.15) is 11.1 Å². The maximum Gasteiger partial charge on any atom is 0.269 e. The van der Waals surface area contributed by atoms with Crippen molar-refractivity contribution >= 4 is 35.3 Å². The first kappa shape index (κ1) is 14.9. The topological polar surface area (TPSA) is 55.5 Å². The summed E-state index contributed by atoms with van der Waals surface area (Å²) in [4.78, 5) is 14.4. The lowest BCUT2D eigenvalue weighted by atomic mass is 10.2. The zero-order valence-electron chi connectivity index (χ0n) is 11.4. The fourth-order valence-electron chi connectivity index (χ4n) is 1.71. The van der Waals surface area contributed by atoms with Crippen molar-refractivity contribution in [3.8, 4) is 0 Å². The molecule has 21 heavy (non-hydrogen) atoms. The molecule has 0 bridgehead atoms. The van der Waals surface area contributed by atoms with Crippen molar-refractivity contribution in [3.05, 3.63) is 74.8 Å². The van der Waals surface area contributed by atoms with Crippen LogP contribution in [0.4, 0.5) is 11.4 Å². The van der Waals surface area contributed by atoms with E-state index in [0.717, 1.165) is 16.8 Å². The molecule has 2 aromatic carbocycles. The number of nitro benzene ring substituents is 1. The quantitative estimate of drug-likeness (QED) is 0.454. The highest BCUT2D eigenvalue weighted by Gasteiger charge is 2.01. The summed E-state index contributed by atoms with van der Waals surface area (Å²) in [6, 6.07) is 11.8. The Morgan fingerprint density at radius 1 is 1.19 bits per heavy atom. The first-order valence-electron chi connectivity index (χ1n) is 6.27. The summed E-state index contributed by atoms with van der Waals surface area (Å²) >= 11 is 5.92. The molecular weight excluding hydrogens is 288 g/mol. The van der Waals surface area contributed by atoms with Crippen LogP contribution >= 0.6 is 11.6 Å². The van der Waals surface area contributed by atoms with E-state index in [0.29, 0.717) is 5.02 Å². The smallest absolute Gasteiger partial charge is 0.258 e. The van der Waals surface area contributed by atoms with E-state index < -0.39 is 4.92 Å². The molecule has 0 aromatic heterocycles. The zero-order chi connectivity index (χ0) is 15.2. The van der Waals surface area contributed by atoms with E-state index in [1.165, 1.54) is 12.1 Å². The van der Waals surface area contributed by atoms with Gasteiger partial charge in [0, 0.05) is 23.4 Å². The van der Waals surface area contributed by atoms with Gasteiger partial charge in [-0.1, -0.05) is 23.7 Å². The normalized spacial score (nSPS) is 11.3. The van der Waals surface area contributed by atoms with Gasteiger partial charge in [-0.15, -0.1) is 0 Å². The van der Waals surface area contributed by atoms with E-state index in [1.807, 2.05) is 25.1 Å². The van der Waals surface area contributed by atoms with Gasteiger partial charge in [0.2, 0.25) is 0 Å². The highest BCUT2D eigenvalue weighted by atomic mass is 35.5. The number of hydrogen-bond donors (Lipinski definition) is 0. The Balaban J connectivity index is 2.06.